The molecule has 1 N–H and O–H groups in total. The van der Waals surface area contributed by atoms with Crippen molar-refractivity contribution in [3.63, 3.8) is 0 Å². The van der Waals surface area contributed by atoms with E-state index in [1.54, 1.807) is 43.5 Å². The van der Waals surface area contributed by atoms with Gasteiger partial charge in [0.15, 0.2) is 0 Å². The third kappa shape index (κ3) is 4.43. The van der Waals surface area contributed by atoms with Crippen molar-refractivity contribution in [2.75, 3.05) is 12.4 Å². The lowest BCUT2D eigenvalue weighted by Gasteiger charge is -2.08. The third-order valence-electron chi connectivity index (χ3n) is 5.57. The molecule has 2 heterocycles. The molecule has 35 heavy (non-hydrogen) atoms. The highest BCUT2D eigenvalue weighted by molar-refractivity contribution is 5.90. The van der Waals surface area contributed by atoms with Gasteiger partial charge in [-0.25, -0.2) is 18.9 Å². The zero-order valence-electron chi connectivity index (χ0n) is 19.3. The molecule has 0 radical (unpaired) electrons. The van der Waals surface area contributed by atoms with Crippen molar-refractivity contribution in [3.8, 4) is 17.4 Å². The minimum absolute atomic E-state index is 0.178. The Morgan fingerprint density at radius 3 is 2.57 bits per heavy atom. The molecule has 0 unspecified atom stereocenters. The van der Waals surface area contributed by atoms with Crippen molar-refractivity contribution < 1.29 is 14.3 Å². The second-order valence-electron chi connectivity index (χ2n) is 7.88. The zero-order valence-corrected chi connectivity index (χ0v) is 19.3. The fourth-order valence-corrected chi connectivity index (χ4v) is 3.78. The number of hydrogen-bond acceptors (Lipinski definition) is 6. The number of ether oxygens (including phenoxy) is 2. The summed E-state index contributed by atoms with van der Waals surface area (Å²) in [6.45, 7) is 1.80. The van der Waals surface area contributed by atoms with Crippen LogP contribution in [0.5, 0.6) is 17.4 Å². The van der Waals surface area contributed by atoms with Gasteiger partial charge in [-0.3, -0.25) is 4.79 Å². The lowest BCUT2D eigenvalue weighted by molar-refractivity contribution is -0.117. The highest BCUT2D eigenvalue weighted by atomic mass is 16.5. The van der Waals surface area contributed by atoms with Crippen LogP contribution in [-0.4, -0.2) is 32.2 Å². The molecule has 9 heteroatoms. The van der Waals surface area contributed by atoms with Gasteiger partial charge in [0.25, 0.3) is 5.88 Å². The molecule has 3 aromatic carbocycles. The number of anilines is 1. The summed E-state index contributed by atoms with van der Waals surface area (Å²) in [5, 5.41) is 7.17. The second kappa shape index (κ2) is 9.30. The average Bonchev–Trinajstić information content (AvgIpc) is 3.21. The van der Waals surface area contributed by atoms with Crippen molar-refractivity contribution in [2.45, 2.75) is 19.9 Å². The summed E-state index contributed by atoms with van der Waals surface area (Å²) in [5.41, 5.74) is 2.63. The highest BCUT2D eigenvalue weighted by Crippen LogP contribution is 2.26. The number of amides is 1. The fourth-order valence-electron chi connectivity index (χ4n) is 3.78. The molecule has 0 saturated carbocycles. The van der Waals surface area contributed by atoms with E-state index in [0.717, 1.165) is 11.1 Å². The minimum Gasteiger partial charge on any atom is -0.497 e. The van der Waals surface area contributed by atoms with E-state index in [9.17, 15) is 9.59 Å². The maximum Gasteiger partial charge on any atom is 0.351 e. The SMILES string of the molecule is CCc1ccc(Oc2nc3ccccc3n3c(=O)n(CC(=O)Nc4cccc(OC)c4)nc23)cc1. The first-order valence-electron chi connectivity index (χ1n) is 11.1. The van der Waals surface area contributed by atoms with Gasteiger partial charge in [-0.2, -0.15) is 0 Å². The molecule has 9 nitrogen and oxygen atoms in total. The number of aryl methyl sites for hydroxylation is 1. The number of nitrogens with zero attached hydrogens (tertiary/aromatic N) is 4. The van der Waals surface area contributed by atoms with Gasteiger partial charge in [-0.1, -0.05) is 37.3 Å². The van der Waals surface area contributed by atoms with Crippen LogP contribution in [0, 0.1) is 0 Å². The molecule has 0 aliphatic heterocycles. The van der Waals surface area contributed by atoms with Gasteiger partial charge in [0.05, 0.1) is 18.1 Å². The zero-order chi connectivity index (χ0) is 24.4. The Morgan fingerprint density at radius 2 is 1.80 bits per heavy atom. The Kier molecular flexibility index (Phi) is 5.88. The minimum atomic E-state index is -0.467. The molecule has 0 bridgehead atoms. The third-order valence-corrected chi connectivity index (χ3v) is 5.57. The average molecular weight is 470 g/mol. The normalized spacial score (nSPS) is 11.0. The van der Waals surface area contributed by atoms with E-state index in [-0.39, 0.29) is 18.1 Å². The van der Waals surface area contributed by atoms with Crippen LogP contribution in [0.1, 0.15) is 12.5 Å². The first-order chi connectivity index (χ1) is 17.1. The molecule has 1 amide bonds. The molecule has 0 aliphatic carbocycles. The number of para-hydroxylation sites is 2. The standard InChI is InChI=1S/C26H23N5O4/c1-3-17-11-13-19(14-12-17)35-25-24-29-30(16-23(32)27-18-7-6-8-20(15-18)34-2)26(33)31(24)22-10-5-4-9-21(22)28-25/h4-15H,3,16H2,1-2H3,(H,27,32). The Labute approximate surface area is 200 Å². The monoisotopic (exact) mass is 469 g/mol. The number of rotatable bonds is 7. The van der Waals surface area contributed by atoms with Crippen LogP contribution in [0.15, 0.2) is 77.6 Å². The van der Waals surface area contributed by atoms with Crippen LogP contribution >= 0.6 is 0 Å². The maximum atomic E-state index is 13.3. The quantitative estimate of drug-likeness (QED) is 0.386. The van der Waals surface area contributed by atoms with E-state index < -0.39 is 11.6 Å². The summed E-state index contributed by atoms with van der Waals surface area (Å²) < 4.78 is 13.7. The topological polar surface area (TPSA) is 99.8 Å². The van der Waals surface area contributed by atoms with E-state index in [1.165, 1.54) is 9.96 Å². The van der Waals surface area contributed by atoms with Crippen LogP contribution < -0.4 is 20.5 Å². The number of hydrogen-bond donors (Lipinski definition) is 1. The number of benzene rings is 3. The molecule has 2 aromatic heterocycles. The van der Waals surface area contributed by atoms with Crippen molar-refractivity contribution in [3.05, 3.63) is 88.8 Å². The molecule has 0 fully saturated rings. The lowest BCUT2D eigenvalue weighted by Crippen LogP contribution is -2.28. The van der Waals surface area contributed by atoms with Crippen LogP contribution in [0.25, 0.3) is 16.7 Å². The molecule has 5 rings (SSSR count). The molecule has 0 saturated heterocycles. The number of aromatic nitrogens is 4. The molecular formula is C26H23N5O4. The largest absolute Gasteiger partial charge is 0.497 e. The smallest absolute Gasteiger partial charge is 0.351 e. The summed E-state index contributed by atoms with van der Waals surface area (Å²) in [6.07, 6.45) is 0.913. The molecule has 0 aliphatic rings. The fraction of sp³-hybridized carbons (Fsp3) is 0.154. The Morgan fingerprint density at radius 1 is 1.00 bits per heavy atom. The van der Waals surface area contributed by atoms with Crippen molar-refractivity contribution in [2.24, 2.45) is 0 Å². The Hall–Kier alpha value is -4.66. The van der Waals surface area contributed by atoms with Crippen LogP contribution in [0.3, 0.4) is 0 Å². The lowest BCUT2D eigenvalue weighted by atomic mass is 10.2. The predicted octanol–water partition coefficient (Wildman–Crippen LogP) is 4.05. The highest BCUT2D eigenvalue weighted by Gasteiger charge is 2.19. The Bertz CT molecular complexity index is 1590. The van der Waals surface area contributed by atoms with Crippen molar-refractivity contribution >= 4 is 28.3 Å². The van der Waals surface area contributed by atoms with Gasteiger partial charge in [0, 0.05) is 11.8 Å². The molecular weight excluding hydrogens is 446 g/mol. The maximum absolute atomic E-state index is 13.3. The first kappa shape index (κ1) is 22.1. The van der Waals surface area contributed by atoms with E-state index in [1.807, 2.05) is 36.4 Å². The van der Waals surface area contributed by atoms with Crippen LogP contribution in [-0.2, 0) is 17.8 Å². The molecule has 5 aromatic rings. The predicted molar refractivity (Wildman–Crippen MR) is 132 cm³/mol. The van der Waals surface area contributed by atoms with E-state index in [2.05, 4.69) is 22.3 Å². The Balaban J connectivity index is 1.52. The summed E-state index contributed by atoms with van der Waals surface area (Å²) in [4.78, 5) is 30.6. The van der Waals surface area contributed by atoms with E-state index >= 15 is 0 Å². The summed E-state index contributed by atoms with van der Waals surface area (Å²) in [5.74, 6) is 0.958. The van der Waals surface area contributed by atoms with Gasteiger partial charge in [-0.05, 0) is 48.4 Å². The van der Waals surface area contributed by atoms with Gasteiger partial charge < -0.3 is 14.8 Å². The summed E-state index contributed by atoms with van der Waals surface area (Å²) >= 11 is 0. The van der Waals surface area contributed by atoms with Crippen LogP contribution in [0.4, 0.5) is 5.69 Å². The van der Waals surface area contributed by atoms with Crippen LogP contribution in [0.2, 0.25) is 0 Å². The van der Waals surface area contributed by atoms with E-state index in [0.29, 0.717) is 28.2 Å². The number of nitrogens with one attached hydrogen (secondary N) is 1. The van der Waals surface area contributed by atoms with Crippen molar-refractivity contribution in [1.82, 2.24) is 19.2 Å². The molecule has 176 valence electrons. The number of carbonyl (C=O) groups is 1. The molecule has 0 atom stereocenters. The van der Waals surface area contributed by atoms with E-state index in [4.69, 9.17) is 9.47 Å². The second-order valence-corrected chi connectivity index (χ2v) is 7.88. The summed E-state index contributed by atoms with van der Waals surface area (Å²) in [7, 11) is 1.55. The van der Waals surface area contributed by atoms with Crippen molar-refractivity contribution in [1.29, 1.82) is 0 Å². The number of fused-ring (bicyclic) bond motifs is 3. The van der Waals surface area contributed by atoms with Gasteiger partial charge >= 0.3 is 5.69 Å². The van der Waals surface area contributed by atoms with Gasteiger partial charge in [-0.15, -0.1) is 5.10 Å². The van der Waals surface area contributed by atoms with Gasteiger partial charge in [0.1, 0.15) is 18.0 Å². The van der Waals surface area contributed by atoms with Gasteiger partial charge in [0.2, 0.25) is 11.6 Å². The summed E-state index contributed by atoms with van der Waals surface area (Å²) in [6, 6.07) is 21.8. The first-order valence-corrected chi connectivity index (χ1v) is 11.1. The molecule has 0 spiro atoms. The number of carbonyl (C=O) groups excluding carboxylic acids is 1. The number of methoxy groups -OCH3 is 1.